The Morgan fingerprint density at radius 2 is 2.00 bits per heavy atom. The van der Waals surface area contributed by atoms with E-state index < -0.39 is 0 Å². The molecule has 0 fully saturated rings. The number of H-pyrrole nitrogens is 1. The van der Waals surface area contributed by atoms with Crippen molar-refractivity contribution >= 4 is 0 Å². The number of nitrogens with one attached hydrogen (secondary N) is 1. The van der Waals surface area contributed by atoms with Gasteiger partial charge >= 0.3 is 0 Å². The van der Waals surface area contributed by atoms with Gasteiger partial charge in [0.05, 0.1) is 5.69 Å². The van der Waals surface area contributed by atoms with Crippen molar-refractivity contribution in [3.8, 4) is 11.3 Å². The quantitative estimate of drug-likeness (QED) is 0.848. The van der Waals surface area contributed by atoms with Crippen molar-refractivity contribution in [2.24, 2.45) is 0 Å². The van der Waals surface area contributed by atoms with Gasteiger partial charge in [-0.15, -0.1) is 0 Å². The number of imidazole rings is 1. The highest BCUT2D eigenvalue weighted by molar-refractivity contribution is 5.65. The molecular formula is C14H18N2O. The van der Waals surface area contributed by atoms with Gasteiger partial charge in [0.1, 0.15) is 5.82 Å². The second kappa shape index (κ2) is 5.15. The average Bonchev–Trinajstić information content (AvgIpc) is 2.68. The summed E-state index contributed by atoms with van der Waals surface area (Å²) in [4.78, 5) is 7.89. The van der Waals surface area contributed by atoms with Crippen LogP contribution in [0.1, 0.15) is 23.5 Å². The highest BCUT2D eigenvalue weighted by Gasteiger charge is 2.10. The molecule has 2 N–H and O–H groups in total. The lowest BCUT2D eigenvalue weighted by Crippen LogP contribution is -1.91. The molecule has 0 aliphatic rings. The molecule has 0 aliphatic carbocycles. The summed E-state index contributed by atoms with van der Waals surface area (Å²) in [5.41, 5.74) is 4.52. The smallest absolute Gasteiger partial charge is 0.107 e. The van der Waals surface area contributed by atoms with E-state index in [1.165, 1.54) is 11.1 Å². The Balaban J connectivity index is 2.33. The van der Waals surface area contributed by atoms with Gasteiger partial charge in [0.25, 0.3) is 0 Å². The Kier molecular flexibility index (Phi) is 3.59. The number of hydrogen-bond acceptors (Lipinski definition) is 2. The van der Waals surface area contributed by atoms with Gasteiger partial charge in [-0.1, -0.05) is 24.3 Å². The summed E-state index contributed by atoms with van der Waals surface area (Å²) in [5.74, 6) is 0.954. The van der Waals surface area contributed by atoms with Gasteiger partial charge in [-0.3, -0.25) is 0 Å². The van der Waals surface area contributed by atoms with Crippen molar-refractivity contribution in [1.82, 2.24) is 9.97 Å². The molecule has 0 amide bonds. The van der Waals surface area contributed by atoms with E-state index in [0.29, 0.717) is 0 Å². The first-order chi connectivity index (χ1) is 8.22. The highest BCUT2D eigenvalue weighted by atomic mass is 16.2. The largest absolute Gasteiger partial charge is 0.396 e. The van der Waals surface area contributed by atoms with Crippen LogP contribution >= 0.6 is 0 Å². The maximum absolute atomic E-state index is 8.82. The molecule has 3 heteroatoms. The first kappa shape index (κ1) is 11.9. The Hall–Kier alpha value is -1.61. The van der Waals surface area contributed by atoms with Crippen molar-refractivity contribution in [2.45, 2.75) is 26.7 Å². The number of aryl methyl sites for hydroxylation is 3. The highest BCUT2D eigenvalue weighted by Crippen LogP contribution is 2.24. The van der Waals surface area contributed by atoms with Crippen LogP contribution in [0.25, 0.3) is 11.3 Å². The van der Waals surface area contributed by atoms with E-state index in [1.807, 2.05) is 19.1 Å². The second-order valence-electron chi connectivity index (χ2n) is 4.30. The summed E-state index contributed by atoms with van der Waals surface area (Å²) in [6.45, 7) is 4.34. The second-order valence-corrected chi connectivity index (χ2v) is 4.30. The zero-order valence-corrected chi connectivity index (χ0v) is 10.3. The first-order valence-electron chi connectivity index (χ1n) is 5.94. The van der Waals surface area contributed by atoms with Gasteiger partial charge in [0.2, 0.25) is 0 Å². The predicted molar refractivity (Wildman–Crippen MR) is 68.9 cm³/mol. The topological polar surface area (TPSA) is 48.9 Å². The van der Waals surface area contributed by atoms with Crippen LogP contribution in [0, 0.1) is 13.8 Å². The third kappa shape index (κ3) is 2.56. The lowest BCUT2D eigenvalue weighted by molar-refractivity contribution is 0.287. The fourth-order valence-electron chi connectivity index (χ4n) is 1.99. The van der Waals surface area contributed by atoms with Gasteiger partial charge in [0, 0.05) is 24.3 Å². The molecular weight excluding hydrogens is 212 g/mol. The van der Waals surface area contributed by atoms with Crippen molar-refractivity contribution in [3.63, 3.8) is 0 Å². The number of benzene rings is 1. The third-order valence-electron chi connectivity index (χ3n) is 2.91. The van der Waals surface area contributed by atoms with Crippen LogP contribution < -0.4 is 0 Å². The molecule has 1 aromatic heterocycles. The van der Waals surface area contributed by atoms with Crippen LogP contribution in [0.3, 0.4) is 0 Å². The summed E-state index contributed by atoms with van der Waals surface area (Å²) in [7, 11) is 0. The van der Waals surface area contributed by atoms with E-state index in [-0.39, 0.29) is 6.61 Å². The minimum atomic E-state index is 0.208. The molecule has 90 valence electrons. The molecule has 1 aromatic carbocycles. The van der Waals surface area contributed by atoms with Crippen molar-refractivity contribution < 1.29 is 5.11 Å². The van der Waals surface area contributed by atoms with Crippen LogP contribution in [0.2, 0.25) is 0 Å². The molecule has 3 nitrogen and oxygen atoms in total. The number of nitrogens with zero attached hydrogens (tertiary/aromatic N) is 1. The number of aromatic amines is 1. The van der Waals surface area contributed by atoms with Gasteiger partial charge < -0.3 is 10.1 Å². The van der Waals surface area contributed by atoms with E-state index >= 15 is 0 Å². The molecule has 0 radical (unpaired) electrons. The normalized spacial score (nSPS) is 10.8. The Labute approximate surface area is 102 Å². The van der Waals surface area contributed by atoms with Crippen LogP contribution in [0.5, 0.6) is 0 Å². The van der Waals surface area contributed by atoms with E-state index in [2.05, 4.69) is 29.0 Å². The van der Waals surface area contributed by atoms with E-state index in [0.717, 1.165) is 30.1 Å². The van der Waals surface area contributed by atoms with Crippen LogP contribution in [0.15, 0.2) is 24.3 Å². The zero-order chi connectivity index (χ0) is 12.3. The number of aliphatic hydroxyl groups excluding tert-OH is 1. The van der Waals surface area contributed by atoms with Gasteiger partial charge in [0.15, 0.2) is 0 Å². The molecule has 2 aromatic rings. The Bertz CT molecular complexity index is 503. The van der Waals surface area contributed by atoms with Crippen molar-refractivity contribution in [1.29, 1.82) is 0 Å². The molecule has 0 aliphatic heterocycles. The number of aromatic nitrogens is 2. The van der Waals surface area contributed by atoms with E-state index in [4.69, 9.17) is 5.11 Å². The van der Waals surface area contributed by atoms with Gasteiger partial charge in [-0.05, 0) is 25.8 Å². The molecule has 0 unspecified atom stereocenters. The molecule has 0 saturated carbocycles. The summed E-state index contributed by atoms with van der Waals surface area (Å²) >= 11 is 0. The van der Waals surface area contributed by atoms with Gasteiger partial charge in [-0.2, -0.15) is 0 Å². The van der Waals surface area contributed by atoms with Crippen molar-refractivity contribution in [3.05, 3.63) is 41.3 Å². The molecule has 0 spiro atoms. The van der Waals surface area contributed by atoms with E-state index in [9.17, 15) is 0 Å². The minimum Gasteiger partial charge on any atom is -0.396 e. The fourth-order valence-corrected chi connectivity index (χ4v) is 1.99. The predicted octanol–water partition coefficient (Wildman–Crippen LogP) is 2.62. The first-order valence-corrected chi connectivity index (χ1v) is 5.94. The summed E-state index contributed by atoms with van der Waals surface area (Å²) in [6.07, 6.45) is 1.55. The maximum atomic E-state index is 8.82. The van der Waals surface area contributed by atoms with Crippen LogP contribution in [-0.2, 0) is 6.42 Å². The summed E-state index contributed by atoms with van der Waals surface area (Å²) < 4.78 is 0. The Morgan fingerprint density at radius 1 is 1.24 bits per heavy atom. The number of hydrogen-bond donors (Lipinski definition) is 2. The standard InChI is InChI=1S/C14H18N2O/c1-10-6-3-4-7-12(10)14-11(2)15-13(16-14)8-5-9-17/h3-4,6-7,17H,5,8-9H2,1-2H3,(H,15,16). The van der Waals surface area contributed by atoms with Crippen LogP contribution in [-0.4, -0.2) is 21.7 Å². The van der Waals surface area contributed by atoms with Crippen molar-refractivity contribution in [2.75, 3.05) is 6.61 Å². The SMILES string of the molecule is Cc1ccccc1-c1nc(CCCO)[nH]c1C. The number of aliphatic hydroxyl groups is 1. The maximum Gasteiger partial charge on any atom is 0.107 e. The van der Waals surface area contributed by atoms with Gasteiger partial charge in [-0.25, -0.2) is 4.98 Å². The molecule has 1 heterocycles. The summed E-state index contributed by atoms with van der Waals surface area (Å²) in [6, 6.07) is 8.25. The molecule has 2 rings (SSSR count). The number of rotatable bonds is 4. The molecule has 0 saturated heterocycles. The Morgan fingerprint density at radius 3 is 2.71 bits per heavy atom. The molecule has 0 bridgehead atoms. The van der Waals surface area contributed by atoms with Crippen LogP contribution in [0.4, 0.5) is 0 Å². The molecule has 0 atom stereocenters. The van der Waals surface area contributed by atoms with E-state index in [1.54, 1.807) is 0 Å². The third-order valence-corrected chi connectivity index (χ3v) is 2.91. The lowest BCUT2D eigenvalue weighted by Gasteiger charge is -2.02. The average molecular weight is 230 g/mol. The fraction of sp³-hybridized carbons (Fsp3) is 0.357. The zero-order valence-electron chi connectivity index (χ0n) is 10.3. The summed E-state index contributed by atoms with van der Waals surface area (Å²) in [5, 5.41) is 8.82. The monoisotopic (exact) mass is 230 g/mol. The minimum absolute atomic E-state index is 0.208. The lowest BCUT2D eigenvalue weighted by atomic mass is 10.1. The molecule has 17 heavy (non-hydrogen) atoms.